The van der Waals surface area contributed by atoms with Crippen LogP contribution in [0, 0.1) is 11.7 Å². The molecule has 1 aromatic rings. The van der Waals surface area contributed by atoms with E-state index in [-0.39, 0.29) is 29.8 Å². The maximum Gasteiger partial charge on any atom is 0.191 e. The van der Waals surface area contributed by atoms with E-state index in [2.05, 4.69) is 34.4 Å². The van der Waals surface area contributed by atoms with Crippen molar-refractivity contribution >= 4 is 29.9 Å². The molecule has 0 saturated carbocycles. The van der Waals surface area contributed by atoms with Crippen molar-refractivity contribution in [1.82, 2.24) is 15.5 Å². The smallest absolute Gasteiger partial charge is 0.191 e. The molecule has 1 unspecified atom stereocenters. The maximum absolute atomic E-state index is 13.2. The van der Waals surface area contributed by atoms with Crippen LogP contribution in [0.15, 0.2) is 29.3 Å². The highest BCUT2D eigenvalue weighted by Crippen LogP contribution is 2.17. The normalized spacial score (nSPS) is 19.0. The van der Waals surface area contributed by atoms with Crippen LogP contribution in [0.5, 0.6) is 0 Å². The van der Waals surface area contributed by atoms with Crippen molar-refractivity contribution in [3.05, 3.63) is 35.6 Å². The number of aliphatic imine (C=N–C) groups is 1. The summed E-state index contributed by atoms with van der Waals surface area (Å²) in [6.07, 6.45) is 2.52. The monoisotopic (exact) mass is 448 g/mol. The van der Waals surface area contributed by atoms with Crippen LogP contribution in [0.3, 0.4) is 0 Å². The van der Waals surface area contributed by atoms with Crippen molar-refractivity contribution in [2.24, 2.45) is 10.9 Å². The number of guanidine groups is 1. The minimum absolute atomic E-state index is 0. The van der Waals surface area contributed by atoms with Gasteiger partial charge >= 0.3 is 0 Å². The second kappa shape index (κ2) is 10.9. The minimum atomic E-state index is -0.205. The molecular weight excluding hydrogens is 418 g/mol. The van der Waals surface area contributed by atoms with Crippen molar-refractivity contribution in [2.75, 3.05) is 26.7 Å². The number of hydrogen-bond acceptors (Lipinski definition) is 2. The Morgan fingerprint density at radius 3 is 2.83 bits per heavy atom. The van der Waals surface area contributed by atoms with E-state index < -0.39 is 0 Å². The molecule has 0 spiro atoms. The number of nitrogens with one attached hydrogen (secondary N) is 2. The Hall–Kier alpha value is -0.890. The average molecular weight is 448 g/mol. The van der Waals surface area contributed by atoms with Gasteiger partial charge in [0, 0.05) is 32.7 Å². The van der Waals surface area contributed by atoms with E-state index in [0.717, 1.165) is 24.6 Å². The molecule has 4 nitrogen and oxygen atoms in total. The highest BCUT2D eigenvalue weighted by atomic mass is 127. The molecule has 1 aliphatic rings. The standard InChI is InChI=1S/C18H29FN4.HI/c1-14(2)23-9-5-7-16(13-23)12-22-18(20-3)21-11-15-6-4-8-17(19)10-15;/h4,6,8,10,14,16H,5,7,9,11-13H2,1-3H3,(H2,20,21,22);1H. The molecule has 0 amide bonds. The Morgan fingerprint density at radius 1 is 1.38 bits per heavy atom. The summed E-state index contributed by atoms with van der Waals surface area (Å²) in [4.78, 5) is 6.79. The Kier molecular flexibility index (Phi) is 9.58. The highest BCUT2D eigenvalue weighted by Gasteiger charge is 2.21. The molecule has 0 aromatic heterocycles. The van der Waals surface area contributed by atoms with Gasteiger partial charge in [0.2, 0.25) is 0 Å². The largest absolute Gasteiger partial charge is 0.356 e. The zero-order valence-corrected chi connectivity index (χ0v) is 17.2. The summed E-state index contributed by atoms with van der Waals surface area (Å²) in [5.74, 6) is 1.22. The number of hydrogen-bond donors (Lipinski definition) is 2. The van der Waals surface area contributed by atoms with E-state index in [1.54, 1.807) is 19.2 Å². The fourth-order valence-electron chi connectivity index (χ4n) is 3.03. The molecule has 1 fully saturated rings. The first-order chi connectivity index (χ1) is 11.1. The first-order valence-corrected chi connectivity index (χ1v) is 8.51. The quantitative estimate of drug-likeness (QED) is 0.413. The van der Waals surface area contributed by atoms with Gasteiger partial charge in [0.05, 0.1) is 0 Å². The van der Waals surface area contributed by atoms with Gasteiger partial charge in [-0.15, -0.1) is 24.0 Å². The summed E-state index contributed by atoms with van der Waals surface area (Å²) in [5.41, 5.74) is 0.914. The van der Waals surface area contributed by atoms with Crippen LogP contribution in [0.25, 0.3) is 0 Å². The van der Waals surface area contributed by atoms with E-state index >= 15 is 0 Å². The molecule has 2 N–H and O–H groups in total. The van der Waals surface area contributed by atoms with Gasteiger partial charge in [-0.2, -0.15) is 0 Å². The van der Waals surface area contributed by atoms with Crippen molar-refractivity contribution in [2.45, 2.75) is 39.3 Å². The fraction of sp³-hybridized carbons (Fsp3) is 0.611. The molecule has 6 heteroatoms. The van der Waals surface area contributed by atoms with Crippen molar-refractivity contribution < 1.29 is 4.39 Å². The molecule has 2 rings (SSSR count). The summed E-state index contributed by atoms with van der Waals surface area (Å²) >= 11 is 0. The number of likely N-dealkylation sites (tertiary alicyclic amines) is 1. The van der Waals surface area contributed by atoms with Crippen LogP contribution in [0.2, 0.25) is 0 Å². The number of nitrogens with zero attached hydrogens (tertiary/aromatic N) is 2. The molecular formula is C18H30FIN4. The van der Waals surface area contributed by atoms with Gasteiger partial charge in [-0.05, 0) is 56.8 Å². The van der Waals surface area contributed by atoms with Gasteiger partial charge in [0.15, 0.2) is 5.96 Å². The molecule has 1 saturated heterocycles. The topological polar surface area (TPSA) is 39.7 Å². The number of halogens is 2. The van der Waals surface area contributed by atoms with Gasteiger partial charge in [0.1, 0.15) is 5.82 Å². The van der Waals surface area contributed by atoms with Crippen LogP contribution in [0.4, 0.5) is 4.39 Å². The first kappa shape index (κ1) is 21.2. The summed E-state index contributed by atoms with van der Waals surface area (Å²) < 4.78 is 13.2. The Morgan fingerprint density at radius 2 is 2.17 bits per heavy atom. The van der Waals surface area contributed by atoms with Crippen LogP contribution in [0.1, 0.15) is 32.3 Å². The molecule has 1 atom stereocenters. The molecule has 0 bridgehead atoms. The van der Waals surface area contributed by atoms with E-state index in [4.69, 9.17) is 0 Å². The molecule has 0 radical (unpaired) electrons. The van der Waals surface area contributed by atoms with Crippen molar-refractivity contribution in [3.63, 3.8) is 0 Å². The maximum atomic E-state index is 13.2. The Bertz CT molecular complexity index is 521. The third-order valence-electron chi connectivity index (χ3n) is 4.41. The average Bonchev–Trinajstić information content (AvgIpc) is 2.55. The summed E-state index contributed by atoms with van der Waals surface area (Å²) in [5, 5.41) is 6.65. The molecule has 136 valence electrons. The van der Waals surface area contributed by atoms with Gasteiger partial charge in [-0.25, -0.2) is 4.39 Å². The summed E-state index contributed by atoms with van der Waals surface area (Å²) in [7, 11) is 1.77. The highest BCUT2D eigenvalue weighted by molar-refractivity contribution is 14.0. The molecule has 1 aromatic carbocycles. The van der Waals surface area contributed by atoms with Gasteiger partial charge < -0.3 is 15.5 Å². The number of rotatable bonds is 5. The lowest BCUT2D eigenvalue weighted by Gasteiger charge is -2.35. The molecule has 0 aliphatic carbocycles. The van der Waals surface area contributed by atoms with E-state index in [1.807, 2.05) is 6.07 Å². The van der Waals surface area contributed by atoms with E-state index in [1.165, 1.54) is 25.5 Å². The minimum Gasteiger partial charge on any atom is -0.356 e. The number of benzene rings is 1. The van der Waals surface area contributed by atoms with Crippen molar-refractivity contribution in [1.29, 1.82) is 0 Å². The van der Waals surface area contributed by atoms with Crippen LogP contribution >= 0.6 is 24.0 Å². The van der Waals surface area contributed by atoms with E-state index in [0.29, 0.717) is 18.5 Å². The van der Waals surface area contributed by atoms with Crippen molar-refractivity contribution in [3.8, 4) is 0 Å². The lowest BCUT2D eigenvalue weighted by atomic mass is 9.97. The van der Waals surface area contributed by atoms with Gasteiger partial charge in [0.25, 0.3) is 0 Å². The summed E-state index contributed by atoms with van der Waals surface area (Å²) in [6.45, 7) is 8.36. The lowest BCUT2D eigenvalue weighted by molar-refractivity contribution is 0.141. The molecule has 1 heterocycles. The van der Waals surface area contributed by atoms with Crippen LogP contribution in [-0.4, -0.2) is 43.6 Å². The zero-order chi connectivity index (χ0) is 16.7. The predicted molar refractivity (Wildman–Crippen MR) is 109 cm³/mol. The van der Waals surface area contributed by atoms with Gasteiger partial charge in [-0.3, -0.25) is 4.99 Å². The second-order valence-corrected chi connectivity index (χ2v) is 6.53. The zero-order valence-electron chi connectivity index (χ0n) is 14.9. The molecule has 24 heavy (non-hydrogen) atoms. The molecule has 1 aliphatic heterocycles. The van der Waals surface area contributed by atoms with Gasteiger partial charge in [-0.1, -0.05) is 12.1 Å². The Labute approximate surface area is 162 Å². The van der Waals surface area contributed by atoms with Crippen LogP contribution < -0.4 is 10.6 Å². The summed E-state index contributed by atoms with van der Waals surface area (Å²) in [6, 6.07) is 7.25. The van der Waals surface area contributed by atoms with E-state index in [9.17, 15) is 4.39 Å². The predicted octanol–water partition coefficient (Wildman–Crippen LogP) is 3.23. The lowest BCUT2D eigenvalue weighted by Crippen LogP contribution is -2.45. The third-order valence-corrected chi connectivity index (χ3v) is 4.41. The number of piperidine rings is 1. The van der Waals surface area contributed by atoms with Crippen LogP contribution in [-0.2, 0) is 6.54 Å². The first-order valence-electron chi connectivity index (χ1n) is 8.51. The third kappa shape index (κ3) is 6.93. The Balaban J connectivity index is 0.00000288. The fourth-order valence-corrected chi connectivity index (χ4v) is 3.03. The second-order valence-electron chi connectivity index (χ2n) is 6.53. The SMILES string of the molecule is CN=C(NCc1cccc(F)c1)NCC1CCCN(C(C)C)C1.I.